The number of hydrogen-bond acceptors (Lipinski definition) is 5. The van der Waals surface area contributed by atoms with Crippen molar-refractivity contribution in [3.8, 4) is 11.6 Å². The summed E-state index contributed by atoms with van der Waals surface area (Å²) in [6, 6.07) is 9.68. The number of benzene rings is 1. The second-order valence-corrected chi connectivity index (χ2v) is 5.35. The highest BCUT2D eigenvalue weighted by Crippen LogP contribution is 2.27. The lowest BCUT2D eigenvalue weighted by Crippen LogP contribution is -2.05. The molecule has 3 aromatic rings. The molecule has 6 heteroatoms. The smallest absolute Gasteiger partial charge is 0.198 e. The lowest BCUT2D eigenvalue weighted by Gasteiger charge is -2.06. The monoisotopic (exact) mass is 381 g/mol. The maximum absolute atomic E-state index is 5.93. The molecule has 2 heterocycles. The number of nitrogens with zero attached hydrogens (tertiary/aromatic N) is 2. The summed E-state index contributed by atoms with van der Waals surface area (Å²) in [5, 5.41) is 1.01. The zero-order valence-electron chi connectivity index (χ0n) is 10.8. The van der Waals surface area contributed by atoms with Gasteiger partial charge in [-0.3, -0.25) is 0 Å². The first-order valence-corrected chi connectivity index (χ1v) is 7.06. The number of para-hydroxylation sites is 1. The number of rotatable bonds is 3. The molecule has 0 aliphatic carbocycles. The average Bonchev–Trinajstić information content (AvgIpc) is 2.87. The number of nitrogens with two attached hydrogens (primary N) is 1. The summed E-state index contributed by atoms with van der Waals surface area (Å²) in [5.41, 5.74) is 7.49. The van der Waals surface area contributed by atoms with E-state index in [1.54, 1.807) is 7.11 Å². The van der Waals surface area contributed by atoms with E-state index in [9.17, 15) is 0 Å². The van der Waals surface area contributed by atoms with Crippen molar-refractivity contribution in [3.63, 3.8) is 0 Å². The van der Waals surface area contributed by atoms with Crippen molar-refractivity contribution in [1.29, 1.82) is 0 Å². The van der Waals surface area contributed by atoms with Crippen LogP contribution in [-0.2, 0) is 11.3 Å². The molecular formula is C14H12IN3O2. The lowest BCUT2D eigenvalue weighted by molar-refractivity contribution is 0.181. The SMILES string of the molecule is COCc1nc(-c2cc3ccccc3o2)nc(N)c1I. The van der Waals surface area contributed by atoms with Crippen LogP contribution in [0, 0.1) is 3.57 Å². The molecule has 1 aromatic carbocycles. The molecule has 102 valence electrons. The van der Waals surface area contributed by atoms with Crippen LogP contribution in [0.5, 0.6) is 0 Å². The molecule has 2 N–H and O–H groups in total. The summed E-state index contributed by atoms with van der Waals surface area (Å²) in [6.45, 7) is 0.387. The van der Waals surface area contributed by atoms with Crippen molar-refractivity contribution in [3.05, 3.63) is 39.6 Å². The minimum atomic E-state index is 0.387. The number of methoxy groups -OCH3 is 1. The first-order valence-electron chi connectivity index (χ1n) is 5.99. The Kier molecular flexibility index (Phi) is 3.58. The van der Waals surface area contributed by atoms with E-state index in [1.165, 1.54) is 0 Å². The highest BCUT2D eigenvalue weighted by Gasteiger charge is 2.14. The first kappa shape index (κ1) is 13.3. The maximum atomic E-state index is 5.93. The van der Waals surface area contributed by atoms with Crippen molar-refractivity contribution < 1.29 is 9.15 Å². The summed E-state index contributed by atoms with van der Waals surface area (Å²) < 4.78 is 11.7. The zero-order chi connectivity index (χ0) is 14.1. The van der Waals surface area contributed by atoms with Gasteiger partial charge in [0.1, 0.15) is 11.4 Å². The molecule has 0 spiro atoms. The van der Waals surface area contributed by atoms with E-state index in [2.05, 4.69) is 32.6 Å². The molecule has 20 heavy (non-hydrogen) atoms. The van der Waals surface area contributed by atoms with Crippen molar-refractivity contribution >= 4 is 39.4 Å². The van der Waals surface area contributed by atoms with Crippen LogP contribution in [0.15, 0.2) is 34.7 Å². The van der Waals surface area contributed by atoms with Crippen molar-refractivity contribution in [2.45, 2.75) is 6.61 Å². The zero-order valence-corrected chi connectivity index (χ0v) is 12.9. The van der Waals surface area contributed by atoms with Crippen molar-refractivity contribution in [2.24, 2.45) is 0 Å². The topological polar surface area (TPSA) is 74.2 Å². The van der Waals surface area contributed by atoms with Crippen LogP contribution in [-0.4, -0.2) is 17.1 Å². The van der Waals surface area contributed by atoms with Crippen LogP contribution < -0.4 is 5.73 Å². The van der Waals surface area contributed by atoms with Crippen LogP contribution in [0.25, 0.3) is 22.6 Å². The largest absolute Gasteiger partial charge is 0.453 e. The van der Waals surface area contributed by atoms with E-state index in [0.29, 0.717) is 24.0 Å². The highest BCUT2D eigenvalue weighted by molar-refractivity contribution is 14.1. The van der Waals surface area contributed by atoms with Gasteiger partial charge in [-0.25, -0.2) is 9.97 Å². The third kappa shape index (κ3) is 2.36. The van der Waals surface area contributed by atoms with Crippen molar-refractivity contribution in [2.75, 3.05) is 12.8 Å². The Morgan fingerprint density at radius 1 is 1.30 bits per heavy atom. The normalized spacial score (nSPS) is 11.1. The molecule has 0 aliphatic heterocycles. The first-order chi connectivity index (χ1) is 9.69. The number of hydrogen-bond donors (Lipinski definition) is 1. The Balaban J connectivity index is 2.13. The Labute approximate surface area is 129 Å². The Bertz CT molecular complexity index is 737. The van der Waals surface area contributed by atoms with Crippen LogP contribution >= 0.6 is 22.6 Å². The number of fused-ring (bicyclic) bond motifs is 1. The summed E-state index contributed by atoms with van der Waals surface area (Å²) in [6.07, 6.45) is 0. The summed E-state index contributed by atoms with van der Waals surface area (Å²) in [4.78, 5) is 8.76. The van der Waals surface area contributed by atoms with E-state index in [0.717, 1.165) is 20.2 Å². The second kappa shape index (κ2) is 5.37. The van der Waals surface area contributed by atoms with Gasteiger partial charge in [-0.05, 0) is 34.7 Å². The summed E-state index contributed by atoms with van der Waals surface area (Å²) in [5.74, 6) is 1.51. The predicted octanol–water partition coefficient (Wildman–Crippen LogP) is 3.22. The quantitative estimate of drug-likeness (QED) is 0.706. The molecule has 0 bridgehead atoms. The highest BCUT2D eigenvalue weighted by atomic mass is 127. The number of ether oxygens (including phenoxy) is 1. The van der Waals surface area contributed by atoms with E-state index in [1.807, 2.05) is 30.3 Å². The molecule has 3 rings (SSSR count). The van der Waals surface area contributed by atoms with Gasteiger partial charge >= 0.3 is 0 Å². The molecule has 5 nitrogen and oxygen atoms in total. The average molecular weight is 381 g/mol. The summed E-state index contributed by atoms with van der Waals surface area (Å²) >= 11 is 2.12. The summed E-state index contributed by atoms with van der Waals surface area (Å²) in [7, 11) is 1.62. The van der Waals surface area contributed by atoms with Crippen molar-refractivity contribution in [1.82, 2.24) is 9.97 Å². The van der Waals surface area contributed by atoms with Gasteiger partial charge in [-0.15, -0.1) is 0 Å². The fourth-order valence-corrected chi connectivity index (χ4v) is 2.34. The van der Waals surface area contributed by atoms with Gasteiger partial charge in [-0.2, -0.15) is 0 Å². The Morgan fingerprint density at radius 3 is 2.85 bits per heavy atom. The van der Waals surface area contributed by atoms with Crippen LogP contribution in [0.2, 0.25) is 0 Å². The number of furan rings is 1. The molecule has 0 amide bonds. The number of anilines is 1. The standard InChI is InChI=1S/C14H12IN3O2/c1-19-7-9-12(15)13(16)18-14(17-9)11-6-8-4-2-3-5-10(8)20-11/h2-6H,7H2,1H3,(H2,16,17,18). The third-order valence-electron chi connectivity index (χ3n) is 2.87. The van der Waals surface area contributed by atoms with Crippen LogP contribution in [0.4, 0.5) is 5.82 Å². The Morgan fingerprint density at radius 2 is 2.10 bits per heavy atom. The molecule has 0 unspecified atom stereocenters. The van der Waals surface area contributed by atoms with Gasteiger partial charge in [0.2, 0.25) is 0 Å². The molecule has 0 radical (unpaired) electrons. The fraction of sp³-hybridized carbons (Fsp3) is 0.143. The predicted molar refractivity (Wildman–Crippen MR) is 85.1 cm³/mol. The van der Waals surface area contributed by atoms with Gasteiger partial charge in [0, 0.05) is 12.5 Å². The van der Waals surface area contributed by atoms with E-state index >= 15 is 0 Å². The van der Waals surface area contributed by atoms with E-state index in [-0.39, 0.29) is 0 Å². The number of aromatic nitrogens is 2. The van der Waals surface area contributed by atoms with E-state index in [4.69, 9.17) is 14.9 Å². The molecule has 0 saturated carbocycles. The van der Waals surface area contributed by atoms with Gasteiger partial charge in [0.05, 0.1) is 15.9 Å². The fourth-order valence-electron chi connectivity index (χ4n) is 1.95. The molecule has 0 fully saturated rings. The van der Waals surface area contributed by atoms with Gasteiger partial charge in [0.15, 0.2) is 11.6 Å². The molecule has 0 saturated heterocycles. The molecule has 0 aliphatic rings. The van der Waals surface area contributed by atoms with Crippen LogP contribution in [0.3, 0.4) is 0 Å². The maximum Gasteiger partial charge on any atom is 0.198 e. The number of halogens is 1. The minimum absolute atomic E-state index is 0.387. The Hall–Kier alpha value is -1.67. The lowest BCUT2D eigenvalue weighted by atomic mass is 10.2. The molecule has 0 atom stereocenters. The molecule has 2 aromatic heterocycles. The van der Waals surface area contributed by atoms with Gasteiger partial charge in [-0.1, -0.05) is 18.2 Å². The molecular weight excluding hydrogens is 369 g/mol. The van der Waals surface area contributed by atoms with Crippen LogP contribution in [0.1, 0.15) is 5.69 Å². The second-order valence-electron chi connectivity index (χ2n) is 4.27. The van der Waals surface area contributed by atoms with Gasteiger partial charge < -0.3 is 14.9 Å². The third-order valence-corrected chi connectivity index (χ3v) is 4.05. The van der Waals surface area contributed by atoms with E-state index < -0.39 is 0 Å². The minimum Gasteiger partial charge on any atom is -0.453 e. The number of nitrogen functional groups attached to an aromatic ring is 1. The van der Waals surface area contributed by atoms with Gasteiger partial charge in [0.25, 0.3) is 0 Å².